The summed E-state index contributed by atoms with van der Waals surface area (Å²) in [4.78, 5) is 38.3. The minimum Gasteiger partial charge on any atom is -0.462 e. The quantitative estimate of drug-likeness (QED) is 0.0261. The number of hydrogen-bond donors (Lipinski definition) is 0. The third-order valence-corrected chi connectivity index (χ3v) is 14.2. The second-order valence-corrected chi connectivity index (χ2v) is 22.0. The second-order valence-electron chi connectivity index (χ2n) is 22.0. The molecule has 1 atom stereocenters. The predicted octanol–water partition coefficient (Wildman–Crippen LogP) is 23.2. The monoisotopic (exact) mass is 1110 g/mol. The number of carbonyl (C=O) groups excluding carboxylic acids is 3. The van der Waals surface area contributed by atoms with Crippen LogP contribution in [0.15, 0.2) is 122 Å². The molecule has 0 aromatic carbocycles. The van der Waals surface area contributed by atoms with Crippen LogP contribution in [0.2, 0.25) is 0 Å². The van der Waals surface area contributed by atoms with Crippen LogP contribution in [-0.4, -0.2) is 37.2 Å². The summed E-state index contributed by atoms with van der Waals surface area (Å²) in [5.74, 6) is -0.916. The van der Waals surface area contributed by atoms with Crippen LogP contribution in [0.3, 0.4) is 0 Å². The van der Waals surface area contributed by atoms with Gasteiger partial charge in [-0.15, -0.1) is 0 Å². The highest BCUT2D eigenvalue weighted by molar-refractivity contribution is 5.71. The average Bonchev–Trinajstić information content (AvgIpc) is 3.46. The van der Waals surface area contributed by atoms with E-state index in [4.69, 9.17) is 14.2 Å². The lowest BCUT2D eigenvalue weighted by Crippen LogP contribution is -2.30. The second kappa shape index (κ2) is 67.3. The lowest BCUT2D eigenvalue weighted by atomic mass is 10.0. The maximum atomic E-state index is 12.9. The van der Waals surface area contributed by atoms with Gasteiger partial charge in [0.15, 0.2) is 6.10 Å². The SMILES string of the molecule is CC/C=C\C/C=C\C/C=C\C/C=C\C/C=C\CCCCCCCCCCCCCCCCCC(=O)OCC(COC(=O)CCCCCCC/C=C\CCCCCCC)OC(=O)CCCCCC/C=C\C/C=C\C/C=C\C/C=C\CC. The molecule has 0 aromatic heterocycles. The fourth-order valence-corrected chi connectivity index (χ4v) is 9.22. The Labute approximate surface area is 494 Å². The molecule has 6 nitrogen and oxygen atoms in total. The van der Waals surface area contributed by atoms with Crippen molar-refractivity contribution in [2.45, 2.75) is 316 Å². The molecule has 0 aromatic rings. The molecule has 0 radical (unpaired) electrons. The standard InChI is InChI=1S/C74H124O6/c1-4-7-10-13-16-19-22-25-28-30-31-32-33-34-35-36-37-38-39-40-41-42-43-45-46-49-52-55-58-61-64-67-73(76)79-70-71(69-78-72(75)66-63-60-57-54-51-48-27-24-21-18-15-12-9-6-3)80-74(77)68-65-62-59-56-53-50-47-44-29-26-23-20-17-14-11-8-5-2/h7-8,10-11,16-17,19-20,24-29,31-32,34-35,47,50,71H,4-6,9,12-15,18,21-23,30,33,36-46,48-49,51-70H2,1-3H3/b10-7-,11-8-,19-16-,20-17-,27-24-,28-25-,29-26-,32-31-,35-34-,50-47-. The Morgan fingerprint density at radius 2 is 0.487 bits per heavy atom. The summed E-state index contributed by atoms with van der Waals surface area (Å²) in [5.41, 5.74) is 0. The molecule has 0 saturated heterocycles. The van der Waals surface area contributed by atoms with Crippen LogP contribution < -0.4 is 0 Å². The third-order valence-electron chi connectivity index (χ3n) is 14.2. The minimum atomic E-state index is -0.797. The number of carbonyl (C=O) groups is 3. The highest BCUT2D eigenvalue weighted by Crippen LogP contribution is 2.16. The lowest BCUT2D eigenvalue weighted by molar-refractivity contribution is -0.167. The topological polar surface area (TPSA) is 78.9 Å². The zero-order valence-electron chi connectivity index (χ0n) is 52.3. The largest absolute Gasteiger partial charge is 0.462 e. The summed E-state index contributed by atoms with van der Waals surface area (Å²) >= 11 is 0. The number of ether oxygens (including phenoxy) is 3. The van der Waals surface area contributed by atoms with Crippen molar-refractivity contribution >= 4 is 17.9 Å². The molecule has 456 valence electrons. The van der Waals surface area contributed by atoms with Crippen LogP contribution in [0, 0.1) is 0 Å². The molecule has 0 fully saturated rings. The van der Waals surface area contributed by atoms with Crippen molar-refractivity contribution in [3.63, 3.8) is 0 Å². The van der Waals surface area contributed by atoms with Crippen molar-refractivity contribution in [1.29, 1.82) is 0 Å². The van der Waals surface area contributed by atoms with Crippen LogP contribution >= 0.6 is 0 Å². The van der Waals surface area contributed by atoms with Gasteiger partial charge in [-0.1, -0.05) is 284 Å². The third kappa shape index (κ3) is 64.6. The van der Waals surface area contributed by atoms with E-state index in [-0.39, 0.29) is 31.1 Å². The van der Waals surface area contributed by atoms with Gasteiger partial charge in [0.2, 0.25) is 0 Å². The predicted molar refractivity (Wildman–Crippen MR) is 348 cm³/mol. The smallest absolute Gasteiger partial charge is 0.306 e. The van der Waals surface area contributed by atoms with Crippen molar-refractivity contribution in [3.05, 3.63) is 122 Å². The van der Waals surface area contributed by atoms with E-state index in [2.05, 4.69) is 142 Å². The van der Waals surface area contributed by atoms with Crippen LogP contribution in [0.5, 0.6) is 0 Å². The number of unbranched alkanes of at least 4 members (excludes halogenated alkanes) is 29. The molecule has 6 heteroatoms. The summed E-state index contributed by atoms with van der Waals surface area (Å²) in [6.45, 7) is 6.40. The van der Waals surface area contributed by atoms with Gasteiger partial charge in [0.05, 0.1) is 0 Å². The average molecular weight is 1110 g/mol. The molecule has 0 aliphatic rings. The fourth-order valence-electron chi connectivity index (χ4n) is 9.22. The van der Waals surface area contributed by atoms with Gasteiger partial charge in [0, 0.05) is 19.3 Å². The molecule has 0 aliphatic carbocycles. The van der Waals surface area contributed by atoms with Crippen LogP contribution in [0.4, 0.5) is 0 Å². The van der Waals surface area contributed by atoms with E-state index < -0.39 is 6.10 Å². The molecule has 80 heavy (non-hydrogen) atoms. The van der Waals surface area contributed by atoms with Crippen molar-refractivity contribution in [1.82, 2.24) is 0 Å². The first-order chi connectivity index (χ1) is 39.5. The Kier molecular flexibility index (Phi) is 63.8. The zero-order chi connectivity index (χ0) is 57.8. The van der Waals surface area contributed by atoms with E-state index in [1.165, 1.54) is 135 Å². The Hall–Kier alpha value is -4.19. The van der Waals surface area contributed by atoms with Gasteiger partial charge < -0.3 is 14.2 Å². The molecular formula is C74H124O6. The Bertz CT molecular complexity index is 1650. The van der Waals surface area contributed by atoms with E-state index in [1.54, 1.807) is 0 Å². The first-order valence-corrected chi connectivity index (χ1v) is 33.5. The summed E-state index contributed by atoms with van der Waals surface area (Å²) < 4.78 is 16.9. The van der Waals surface area contributed by atoms with Crippen molar-refractivity contribution < 1.29 is 28.6 Å². The Morgan fingerprint density at radius 1 is 0.263 bits per heavy atom. The molecule has 0 aliphatic heterocycles. The fraction of sp³-hybridized carbons (Fsp3) is 0.689. The maximum Gasteiger partial charge on any atom is 0.306 e. The molecule has 0 heterocycles. The van der Waals surface area contributed by atoms with E-state index in [1.807, 2.05) is 0 Å². The van der Waals surface area contributed by atoms with Crippen molar-refractivity contribution in [2.24, 2.45) is 0 Å². The minimum absolute atomic E-state index is 0.0908. The van der Waals surface area contributed by atoms with Crippen LogP contribution in [-0.2, 0) is 28.6 Å². The van der Waals surface area contributed by atoms with E-state index in [9.17, 15) is 14.4 Å². The number of esters is 3. The first kappa shape index (κ1) is 75.8. The van der Waals surface area contributed by atoms with E-state index >= 15 is 0 Å². The van der Waals surface area contributed by atoms with Gasteiger partial charge in [0.1, 0.15) is 13.2 Å². The van der Waals surface area contributed by atoms with Gasteiger partial charge >= 0.3 is 17.9 Å². The van der Waals surface area contributed by atoms with Crippen molar-refractivity contribution in [3.8, 4) is 0 Å². The summed E-state index contributed by atoms with van der Waals surface area (Å²) in [7, 11) is 0. The molecule has 0 N–H and O–H groups in total. The van der Waals surface area contributed by atoms with Gasteiger partial charge in [0.25, 0.3) is 0 Å². The molecule has 0 amide bonds. The Morgan fingerprint density at radius 3 is 0.775 bits per heavy atom. The number of hydrogen-bond acceptors (Lipinski definition) is 6. The first-order valence-electron chi connectivity index (χ1n) is 33.5. The highest BCUT2D eigenvalue weighted by atomic mass is 16.6. The summed E-state index contributed by atoms with van der Waals surface area (Å²) in [6.07, 6.45) is 93.6. The molecule has 0 bridgehead atoms. The lowest BCUT2D eigenvalue weighted by Gasteiger charge is -2.18. The highest BCUT2D eigenvalue weighted by Gasteiger charge is 2.19. The normalized spacial score (nSPS) is 12.9. The van der Waals surface area contributed by atoms with Gasteiger partial charge in [-0.25, -0.2) is 0 Å². The molecule has 0 rings (SSSR count). The molecule has 0 spiro atoms. The number of rotatable bonds is 60. The van der Waals surface area contributed by atoms with Gasteiger partial charge in [-0.3, -0.25) is 14.4 Å². The van der Waals surface area contributed by atoms with Crippen molar-refractivity contribution in [2.75, 3.05) is 13.2 Å². The van der Waals surface area contributed by atoms with Gasteiger partial charge in [-0.05, 0) is 128 Å². The molecular weight excluding hydrogens is 985 g/mol. The van der Waals surface area contributed by atoms with E-state index in [0.29, 0.717) is 19.3 Å². The van der Waals surface area contributed by atoms with Crippen LogP contribution in [0.25, 0.3) is 0 Å². The van der Waals surface area contributed by atoms with Crippen LogP contribution in [0.1, 0.15) is 310 Å². The summed E-state index contributed by atoms with van der Waals surface area (Å²) in [6, 6.07) is 0. The number of allylic oxidation sites excluding steroid dienone is 20. The maximum absolute atomic E-state index is 12.9. The molecule has 1 unspecified atom stereocenters. The zero-order valence-corrected chi connectivity index (χ0v) is 52.3. The Balaban J connectivity index is 4.27. The molecule has 0 saturated carbocycles. The van der Waals surface area contributed by atoms with Gasteiger partial charge in [-0.2, -0.15) is 0 Å². The summed E-state index contributed by atoms with van der Waals surface area (Å²) in [5, 5.41) is 0. The van der Waals surface area contributed by atoms with E-state index in [0.717, 1.165) is 135 Å².